The van der Waals surface area contributed by atoms with Crippen molar-refractivity contribution in [3.05, 3.63) is 77.0 Å². The topological polar surface area (TPSA) is 18.5 Å². The van der Waals surface area contributed by atoms with Crippen LogP contribution in [-0.2, 0) is 9.47 Å². The molecule has 2 aliphatic rings. The second-order valence-electron chi connectivity index (χ2n) is 4.34. The fraction of sp³-hybridized carbons (Fsp3) is 0.125. The molecule has 96 valence electrons. The van der Waals surface area contributed by atoms with E-state index in [2.05, 4.69) is 0 Å². The van der Waals surface area contributed by atoms with Crippen molar-refractivity contribution >= 4 is 5.76 Å². The molecule has 0 amide bonds. The lowest BCUT2D eigenvalue weighted by Crippen LogP contribution is -2.07. The van der Waals surface area contributed by atoms with Gasteiger partial charge in [-0.05, 0) is 30.7 Å². The van der Waals surface area contributed by atoms with Gasteiger partial charge < -0.3 is 9.47 Å². The number of halogens is 1. The summed E-state index contributed by atoms with van der Waals surface area (Å²) in [5, 5.41) is 0. The fourth-order valence-corrected chi connectivity index (χ4v) is 2.16. The number of ether oxygens (including phenoxy) is 2. The third-order valence-electron chi connectivity index (χ3n) is 3.10. The van der Waals surface area contributed by atoms with E-state index in [1.165, 1.54) is 12.1 Å². The Labute approximate surface area is 111 Å². The highest BCUT2D eigenvalue weighted by atomic mass is 19.1. The predicted octanol–water partition coefficient (Wildman–Crippen LogP) is 3.94. The quantitative estimate of drug-likeness (QED) is 0.798. The lowest BCUT2D eigenvalue weighted by molar-refractivity contribution is 0.265. The summed E-state index contributed by atoms with van der Waals surface area (Å²) in [6.45, 7) is 0. The molecule has 3 rings (SSSR count). The number of hydrogen-bond acceptors (Lipinski definition) is 2. The first-order valence-electron chi connectivity index (χ1n) is 6.08. The van der Waals surface area contributed by atoms with Crippen molar-refractivity contribution in [3.8, 4) is 0 Å². The molecule has 0 N–H and O–H groups in total. The largest absolute Gasteiger partial charge is 0.493 e. The van der Waals surface area contributed by atoms with E-state index < -0.39 is 0 Å². The van der Waals surface area contributed by atoms with Gasteiger partial charge in [0.25, 0.3) is 0 Å². The van der Waals surface area contributed by atoms with Gasteiger partial charge in [-0.3, -0.25) is 0 Å². The molecule has 0 fully saturated rings. The van der Waals surface area contributed by atoms with E-state index >= 15 is 0 Å². The molecule has 0 atom stereocenters. The molecule has 1 heterocycles. The molecule has 0 spiro atoms. The Morgan fingerprint density at radius 1 is 1.26 bits per heavy atom. The minimum absolute atomic E-state index is 0.277. The molecule has 2 nitrogen and oxygen atoms in total. The Kier molecular flexibility index (Phi) is 2.95. The number of allylic oxidation sites excluding steroid dienone is 5. The van der Waals surface area contributed by atoms with Crippen molar-refractivity contribution in [2.45, 2.75) is 6.42 Å². The molecule has 0 unspecified atom stereocenters. The van der Waals surface area contributed by atoms with Crippen molar-refractivity contribution in [1.82, 2.24) is 0 Å². The highest BCUT2D eigenvalue weighted by Gasteiger charge is 2.21. The van der Waals surface area contributed by atoms with Crippen molar-refractivity contribution in [2.24, 2.45) is 0 Å². The summed E-state index contributed by atoms with van der Waals surface area (Å²) in [6.07, 6.45) is 8.58. The third kappa shape index (κ3) is 2.19. The standard InChI is InChI=1S/C16H13FO2/c1-18-15-7-3-4-11-8-9-14(19-16(11)15)12-5-2-6-13(17)10-12/h2-3,5-10H,4H2,1H3. The lowest BCUT2D eigenvalue weighted by Gasteiger charge is -2.23. The van der Waals surface area contributed by atoms with Gasteiger partial charge in [-0.2, -0.15) is 0 Å². The molecule has 1 aliphatic heterocycles. The first kappa shape index (κ1) is 11.8. The van der Waals surface area contributed by atoms with E-state index in [1.807, 2.05) is 30.4 Å². The smallest absolute Gasteiger partial charge is 0.172 e. The first-order chi connectivity index (χ1) is 9.28. The Hall–Kier alpha value is -2.29. The molecule has 3 heteroatoms. The zero-order valence-electron chi connectivity index (χ0n) is 10.5. The Morgan fingerprint density at radius 3 is 2.95 bits per heavy atom. The van der Waals surface area contributed by atoms with Crippen LogP contribution in [0.15, 0.2) is 65.7 Å². The molecule has 1 aliphatic carbocycles. The molecule has 0 bridgehead atoms. The monoisotopic (exact) mass is 256 g/mol. The second kappa shape index (κ2) is 4.76. The number of hydrogen-bond donors (Lipinski definition) is 0. The average molecular weight is 256 g/mol. The number of rotatable bonds is 2. The fourth-order valence-electron chi connectivity index (χ4n) is 2.16. The zero-order valence-corrected chi connectivity index (χ0v) is 10.5. The third-order valence-corrected chi connectivity index (χ3v) is 3.10. The molecule has 0 saturated carbocycles. The van der Waals surface area contributed by atoms with Crippen molar-refractivity contribution in [3.63, 3.8) is 0 Å². The van der Waals surface area contributed by atoms with E-state index in [4.69, 9.17) is 9.47 Å². The van der Waals surface area contributed by atoms with Gasteiger partial charge in [-0.15, -0.1) is 0 Å². The van der Waals surface area contributed by atoms with Gasteiger partial charge in [0, 0.05) is 11.1 Å². The summed E-state index contributed by atoms with van der Waals surface area (Å²) in [6, 6.07) is 6.35. The van der Waals surface area contributed by atoms with Gasteiger partial charge in [0.05, 0.1) is 7.11 Å². The van der Waals surface area contributed by atoms with Crippen LogP contribution in [-0.4, -0.2) is 7.11 Å². The first-order valence-corrected chi connectivity index (χ1v) is 6.08. The van der Waals surface area contributed by atoms with Gasteiger partial charge in [0.1, 0.15) is 11.6 Å². The molecule has 0 radical (unpaired) electrons. The van der Waals surface area contributed by atoms with E-state index in [-0.39, 0.29) is 5.82 Å². The van der Waals surface area contributed by atoms with E-state index in [0.29, 0.717) is 22.8 Å². The summed E-state index contributed by atoms with van der Waals surface area (Å²) in [4.78, 5) is 0. The van der Waals surface area contributed by atoms with Gasteiger partial charge in [-0.25, -0.2) is 4.39 Å². The van der Waals surface area contributed by atoms with Crippen molar-refractivity contribution < 1.29 is 13.9 Å². The number of fused-ring (bicyclic) bond motifs is 1. The number of benzene rings is 1. The normalized spacial score (nSPS) is 17.4. The second-order valence-corrected chi connectivity index (χ2v) is 4.34. The maximum Gasteiger partial charge on any atom is 0.172 e. The van der Waals surface area contributed by atoms with Crippen LogP contribution in [0.5, 0.6) is 0 Å². The summed E-state index contributed by atoms with van der Waals surface area (Å²) >= 11 is 0. The Balaban J connectivity index is 2.00. The molecule has 0 saturated heterocycles. The minimum atomic E-state index is -0.277. The molecular formula is C16H13FO2. The van der Waals surface area contributed by atoms with Gasteiger partial charge in [-0.1, -0.05) is 24.3 Å². The van der Waals surface area contributed by atoms with E-state index in [9.17, 15) is 4.39 Å². The van der Waals surface area contributed by atoms with Crippen LogP contribution in [0, 0.1) is 5.82 Å². The Bertz CT molecular complexity index is 636. The highest BCUT2D eigenvalue weighted by Crippen LogP contribution is 2.34. The SMILES string of the molecule is COC1=C2OC(c3cccc(F)c3)=CC=C2CC=C1. The molecule has 0 aromatic heterocycles. The van der Waals surface area contributed by atoms with Crippen LogP contribution in [0.1, 0.15) is 12.0 Å². The van der Waals surface area contributed by atoms with Crippen molar-refractivity contribution in [2.75, 3.05) is 7.11 Å². The van der Waals surface area contributed by atoms with Crippen molar-refractivity contribution in [1.29, 1.82) is 0 Å². The van der Waals surface area contributed by atoms with Crippen LogP contribution >= 0.6 is 0 Å². The van der Waals surface area contributed by atoms with Gasteiger partial charge in [0.15, 0.2) is 11.5 Å². The average Bonchev–Trinajstić information content (AvgIpc) is 2.46. The van der Waals surface area contributed by atoms with E-state index in [1.54, 1.807) is 13.2 Å². The summed E-state index contributed by atoms with van der Waals surface area (Å²) < 4.78 is 24.4. The van der Waals surface area contributed by atoms with Crippen LogP contribution in [0.2, 0.25) is 0 Å². The van der Waals surface area contributed by atoms with Crippen LogP contribution in [0.4, 0.5) is 4.39 Å². The molecule has 1 aromatic rings. The molecule has 19 heavy (non-hydrogen) atoms. The highest BCUT2D eigenvalue weighted by molar-refractivity contribution is 5.66. The maximum atomic E-state index is 13.3. The van der Waals surface area contributed by atoms with E-state index in [0.717, 1.165) is 12.0 Å². The Morgan fingerprint density at radius 2 is 2.16 bits per heavy atom. The predicted molar refractivity (Wildman–Crippen MR) is 71.3 cm³/mol. The molecule has 1 aromatic carbocycles. The zero-order chi connectivity index (χ0) is 13.2. The molecular weight excluding hydrogens is 243 g/mol. The van der Waals surface area contributed by atoms with Gasteiger partial charge >= 0.3 is 0 Å². The van der Waals surface area contributed by atoms with Gasteiger partial charge in [0.2, 0.25) is 0 Å². The van der Waals surface area contributed by atoms with Crippen LogP contribution in [0.25, 0.3) is 5.76 Å². The lowest BCUT2D eigenvalue weighted by atomic mass is 10.0. The maximum absolute atomic E-state index is 13.3. The van der Waals surface area contributed by atoms with Crippen LogP contribution in [0.3, 0.4) is 0 Å². The minimum Gasteiger partial charge on any atom is -0.493 e. The summed E-state index contributed by atoms with van der Waals surface area (Å²) in [5.41, 5.74) is 1.78. The number of methoxy groups -OCH3 is 1. The van der Waals surface area contributed by atoms with Crippen LogP contribution < -0.4 is 0 Å². The summed E-state index contributed by atoms with van der Waals surface area (Å²) in [5.74, 6) is 1.76. The summed E-state index contributed by atoms with van der Waals surface area (Å²) in [7, 11) is 1.61.